The van der Waals surface area contributed by atoms with Crippen LogP contribution in [0.3, 0.4) is 0 Å². The van der Waals surface area contributed by atoms with Crippen LogP contribution in [0.5, 0.6) is 0 Å². The highest BCUT2D eigenvalue weighted by molar-refractivity contribution is 7.47. The third-order valence-electron chi connectivity index (χ3n) is 8.28. The van der Waals surface area contributed by atoms with E-state index in [4.69, 9.17) is 24.3 Å². The van der Waals surface area contributed by atoms with Crippen LogP contribution in [0.4, 0.5) is 0 Å². The first-order valence-electron chi connectivity index (χ1n) is 21.1. The molecule has 1 unspecified atom stereocenters. The highest BCUT2D eigenvalue weighted by atomic mass is 31.2. The minimum atomic E-state index is -4.40. The SMILES string of the molecule is CC/C=C/C/C=C/C/C=C/C/C=C/C/C=C/C/C=C/CCC(=O)O[C@H](COC(=O)CCCC/C=C/CCCCCCCCCCC)COP(=O)(O)OCCN. The highest BCUT2D eigenvalue weighted by Crippen LogP contribution is 2.43. The molecule has 55 heavy (non-hydrogen) atoms. The fraction of sp³-hybridized carbons (Fsp3) is 0.644. The fourth-order valence-electron chi connectivity index (χ4n) is 5.18. The predicted molar refractivity (Wildman–Crippen MR) is 229 cm³/mol. The van der Waals surface area contributed by atoms with Gasteiger partial charge in [0.05, 0.1) is 13.2 Å². The Morgan fingerprint density at radius 2 is 1.04 bits per heavy atom. The van der Waals surface area contributed by atoms with Crippen LogP contribution in [-0.4, -0.2) is 49.3 Å². The van der Waals surface area contributed by atoms with Crippen molar-refractivity contribution in [2.45, 2.75) is 161 Å². The number of carbonyl (C=O) groups is 2. The van der Waals surface area contributed by atoms with Crippen LogP contribution < -0.4 is 5.73 Å². The summed E-state index contributed by atoms with van der Waals surface area (Å²) < 4.78 is 32.6. The minimum Gasteiger partial charge on any atom is -0.462 e. The van der Waals surface area contributed by atoms with Crippen LogP contribution in [0.2, 0.25) is 0 Å². The maximum absolute atomic E-state index is 12.5. The van der Waals surface area contributed by atoms with Crippen molar-refractivity contribution < 1.29 is 37.6 Å². The van der Waals surface area contributed by atoms with Gasteiger partial charge in [0.15, 0.2) is 6.10 Å². The molecule has 0 aromatic heterocycles. The summed E-state index contributed by atoms with van der Waals surface area (Å²) in [7, 11) is -4.40. The van der Waals surface area contributed by atoms with Crippen molar-refractivity contribution in [1.82, 2.24) is 0 Å². The molecule has 10 heteroatoms. The van der Waals surface area contributed by atoms with Crippen molar-refractivity contribution in [2.24, 2.45) is 5.73 Å². The highest BCUT2D eigenvalue weighted by Gasteiger charge is 2.25. The number of allylic oxidation sites excluding steroid dienone is 14. The number of ether oxygens (including phenoxy) is 2. The molecule has 0 rings (SSSR count). The zero-order valence-corrected chi connectivity index (χ0v) is 35.3. The molecule has 0 aliphatic rings. The number of esters is 2. The second-order valence-corrected chi connectivity index (χ2v) is 14.9. The molecular weight excluding hydrogens is 713 g/mol. The van der Waals surface area contributed by atoms with E-state index in [0.717, 1.165) is 57.8 Å². The van der Waals surface area contributed by atoms with E-state index in [9.17, 15) is 19.0 Å². The lowest BCUT2D eigenvalue weighted by Gasteiger charge is -2.19. The Hall–Kier alpha value is -2.81. The molecule has 2 atom stereocenters. The molecule has 0 aliphatic heterocycles. The summed E-state index contributed by atoms with van der Waals surface area (Å²) in [5.74, 6) is -0.960. The fourth-order valence-corrected chi connectivity index (χ4v) is 5.95. The molecule has 0 aromatic carbocycles. The molecular formula is C45H76NO8P. The molecule has 314 valence electrons. The molecule has 0 bridgehead atoms. The summed E-state index contributed by atoms with van der Waals surface area (Å²) in [6.45, 7) is 3.49. The van der Waals surface area contributed by atoms with Gasteiger partial charge in [-0.2, -0.15) is 0 Å². The second-order valence-electron chi connectivity index (χ2n) is 13.5. The van der Waals surface area contributed by atoms with Gasteiger partial charge in [0.25, 0.3) is 0 Å². The Morgan fingerprint density at radius 1 is 0.564 bits per heavy atom. The summed E-state index contributed by atoms with van der Waals surface area (Å²) in [5.41, 5.74) is 5.34. The van der Waals surface area contributed by atoms with Crippen LogP contribution >= 0.6 is 7.82 Å². The van der Waals surface area contributed by atoms with E-state index in [-0.39, 0.29) is 32.6 Å². The molecule has 0 saturated carbocycles. The molecule has 0 fully saturated rings. The molecule has 0 heterocycles. The number of phosphoric ester groups is 1. The smallest absolute Gasteiger partial charge is 0.462 e. The Balaban J connectivity index is 4.35. The second kappa shape index (κ2) is 40.8. The van der Waals surface area contributed by atoms with Gasteiger partial charge in [0.2, 0.25) is 0 Å². The summed E-state index contributed by atoms with van der Waals surface area (Å²) in [4.78, 5) is 34.8. The predicted octanol–water partition coefficient (Wildman–Crippen LogP) is 12.0. The molecule has 0 radical (unpaired) electrons. The number of unbranched alkanes of at least 4 members (excludes halogenated alkanes) is 11. The quantitative estimate of drug-likeness (QED) is 0.0271. The van der Waals surface area contributed by atoms with Gasteiger partial charge >= 0.3 is 19.8 Å². The van der Waals surface area contributed by atoms with Crippen LogP contribution in [0.1, 0.15) is 155 Å². The first-order valence-corrected chi connectivity index (χ1v) is 22.6. The molecule has 0 aromatic rings. The van der Waals surface area contributed by atoms with Gasteiger partial charge in [0.1, 0.15) is 6.61 Å². The van der Waals surface area contributed by atoms with Gasteiger partial charge in [-0.15, -0.1) is 0 Å². The minimum absolute atomic E-state index is 0.0354. The summed E-state index contributed by atoms with van der Waals surface area (Å²) in [6, 6.07) is 0. The summed E-state index contributed by atoms with van der Waals surface area (Å²) >= 11 is 0. The third-order valence-corrected chi connectivity index (χ3v) is 9.26. The van der Waals surface area contributed by atoms with Crippen molar-refractivity contribution in [2.75, 3.05) is 26.4 Å². The zero-order valence-electron chi connectivity index (χ0n) is 34.4. The monoisotopic (exact) mass is 790 g/mol. The maximum Gasteiger partial charge on any atom is 0.472 e. The van der Waals surface area contributed by atoms with Gasteiger partial charge in [0, 0.05) is 19.4 Å². The van der Waals surface area contributed by atoms with Gasteiger partial charge in [-0.25, -0.2) is 4.57 Å². The summed E-state index contributed by atoms with van der Waals surface area (Å²) in [6.07, 6.45) is 50.6. The van der Waals surface area contributed by atoms with E-state index in [2.05, 4.69) is 86.8 Å². The lowest BCUT2D eigenvalue weighted by Crippen LogP contribution is -2.29. The van der Waals surface area contributed by atoms with E-state index in [1.807, 2.05) is 12.2 Å². The topological polar surface area (TPSA) is 134 Å². The largest absolute Gasteiger partial charge is 0.472 e. The van der Waals surface area contributed by atoms with Crippen molar-refractivity contribution in [1.29, 1.82) is 0 Å². The van der Waals surface area contributed by atoms with Crippen molar-refractivity contribution >= 4 is 19.8 Å². The molecule has 0 spiro atoms. The Kier molecular flexibility index (Phi) is 38.8. The Morgan fingerprint density at radius 3 is 1.56 bits per heavy atom. The number of nitrogens with two attached hydrogens (primary N) is 1. The average Bonchev–Trinajstić information content (AvgIpc) is 3.17. The standard InChI is InChI=1S/C45H76NO8P/c1-3-5-7-9-11-13-15-17-19-20-21-22-24-26-28-30-32-34-36-38-45(48)54-43(42-53-55(49,50)52-40-39-46)41-51-44(47)37-35-33-31-29-27-25-23-18-16-14-12-10-8-6-4-2/h5,7,11,13,17,19,21-22,26-29,32,34,43H,3-4,6,8-10,12,14-16,18,20,23-25,30-31,33,35-42,46H2,1-2H3,(H,49,50)/b7-5+,13-11+,19-17+,22-21+,28-26+,29-27+,34-32+/t43-/m1/s1. The van der Waals surface area contributed by atoms with Crippen molar-refractivity contribution in [3.8, 4) is 0 Å². The molecule has 9 nitrogen and oxygen atoms in total. The molecule has 0 amide bonds. The zero-order chi connectivity index (χ0) is 40.3. The number of rotatable bonds is 38. The Labute approximate surface area is 334 Å². The van der Waals surface area contributed by atoms with Crippen LogP contribution in [0.25, 0.3) is 0 Å². The van der Waals surface area contributed by atoms with Crippen LogP contribution in [0, 0.1) is 0 Å². The van der Waals surface area contributed by atoms with E-state index in [1.165, 1.54) is 57.8 Å². The Bertz CT molecular complexity index is 1170. The first-order chi connectivity index (χ1) is 26.8. The van der Waals surface area contributed by atoms with E-state index in [0.29, 0.717) is 12.8 Å². The molecule has 3 N–H and O–H groups in total. The number of hydrogen-bond donors (Lipinski definition) is 2. The summed E-state index contributed by atoms with van der Waals surface area (Å²) in [5, 5.41) is 0. The van der Waals surface area contributed by atoms with E-state index < -0.39 is 32.5 Å². The van der Waals surface area contributed by atoms with Crippen molar-refractivity contribution in [3.63, 3.8) is 0 Å². The molecule has 0 saturated heterocycles. The van der Waals surface area contributed by atoms with E-state index >= 15 is 0 Å². The average molecular weight is 790 g/mol. The number of hydrogen-bond acceptors (Lipinski definition) is 8. The van der Waals surface area contributed by atoms with Gasteiger partial charge in [-0.1, -0.05) is 150 Å². The van der Waals surface area contributed by atoms with Gasteiger partial charge in [-0.05, 0) is 77.0 Å². The van der Waals surface area contributed by atoms with Gasteiger partial charge in [-0.3, -0.25) is 18.6 Å². The third kappa shape index (κ3) is 40.7. The lowest BCUT2D eigenvalue weighted by molar-refractivity contribution is -0.161. The maximum atomic E-state index is 12.5. The van der Waals surface area contributed by atoms with Crippen LogP contribution in [0.15, 0.2) is 85.1 Å². The van der Waals surface area contributed by atoms with E-state index in [1.54, 1.807) is 0 Å². The molecule has 0 aliphatic carbocycles. The van der Waals surface area contributed by atoms with Crippen molar-refractivity contribution in [3.05, 3.63) is 85.1 Å². The van der Waals surface area contributed by atoms with Crippen LogP contribution in [-0.2, 0) is 32.7 Å². The first kappa shape index (κ1) is 52.2. The number of carbonyl (C=O) groups excluding carboxylic acids is 2. The number of phosphoric acid groups is 1. The lowest BCUT2D eigenvalue weighted by atomic mass is 10.1. The van der Waals surface area contributed by atoms with Gasteiger partial charge < -0.3 is 20.1 Å². The normalized spacial score (nSPS) is 14.2.